The molecule has 5 heteroatoms. The molecule has 1 heterocycles. The molecule has 0 atom stereocenters. The van der Waals surface area contributed by atoms with Gasteiger partial charge in [0.2, 0.25) is 11.8 Å². The maximum Gasteiger partial charge on any atom is 0.233 e. The van der Waals surface area contributed by atoms with E-state index in [0.29, 0.717) is 32.6 Å². The van der Waals surface area contributed by atoms with Crippen LogP contribution in [0.5, 0.6) is 0 Å². The van der Waals surface area contributed by atoms with Crippen molar-refractivity contribution in [3.05, 3.63) is 70.2 Å². The molecular weight excluding hydrogens is 428 g/mol. The van der Waals surface area contributed by atoms with E-state index >= 15 is 0 Å². The van der Waals surface area contributed by atoms with Crippen molar-refractivity contribution < 1.29 is 9.59 Å². The molecule has 4 nitrogen and oxygen atoms in total. The third-order valence-electron chi connectivity index (χ3n) is 6.17. The number of hydrogen-bond donors (Lipinski definition) is 0. The van der Waals surface area contributed by atoms with Crippen LogP contribution >= 0.6 is 15.9 Å². The molecule has 2 aromatic carbocycles. The molecule has 29 heavy (non-hydrogen) atoms. The van der Waals surface area contributed by atoms with E-state index in [9.17, 15) is 9.59 Å². The van der Waals surface area contributed by atoms with E-state index in [1.165, 1.54) is 5.56 Å². The topological polar surface area (TPSA) is 40.6 Å². The summed E-state index contributed by atoms with van der Waals surface area (Å²) in [6.45, 7) is 2.57. The molecule has 2 aromatic rings. The zero-order chi connectivity index (χ0) is 20.3. The molecule has 0 N–H and O–H groups in total. The normalized spacial score (nSPS) is 17.8. The van der Waals surface area contributed by atoms with Gasteiger partial charge in [-0.2, -0.15) is 0 Å². The van der Waals surface area contributed by atoms with Crippen LogP contribution < -0.4 is 0 Å². The minimum atomic E-state index is -0.331. The zero-order valence-electron chi connectivity index (χ0n) is 16.6. The summed E-state index contributed by atoms with van der Waals surface area (Å²) in [5, 5.41) is 0. The number of aryl methyl sites for hydroxylation is 1. The number of carbonyl (C=O) groups is 2. The first kappa shape index (κ1) is 20.1. The number of hydrogen-bond acceptors (Lipinski definition) is 2. The molecule has 0 bridgehead atoms. The fraction of sp³-hybridized carbons (Fsp3) is 0.417. The van der Waals surface area contributed by atoms with Crippen LogP contribution in [0.15, 0.2) is 59.1 Å². The van der Waals surface area contributed by atoms with Crippen LogP contribution in [0.4, 0.5) is 0 Å². The molecule has 152 valence electrons. The lowest BCUT2D eigenvalue weighted by molar-refractivity contribution is -0.141. The molecule has 1 aliphatic carbocycles. The van der Waals surface area contributed by atoms with E-state index < -0.39 is 0 Å². The Hall–Kier alpha value is -2.14. The number of amides is 2. The van der Waals surface area contributed by atoms with Crippen LogP contribution in [0.25, 0.3) is 0 Å². The van der Waals surface area contributed by atoms with Crippen LogP contribution in [0.2, 0.25) is 0 Å². The Bertz CT molecular complexity index is 854. The van der Waals surface area contributed by atoms with E-state index in [1.807, 2.05) is 40.1 Å². The lowest BCUT2D eigenvalue weighted by Gasteiger charge is -2.36. The Balaban J connectivity index is 1.26. The van der Waals surface area contributed by atoms with Gasteiger partial charge in [-0.3, -0.25) is 9.59 Å². The predicted molar refractivity (Wildman–Crippen MR) is 118 cm³/mol. The number of halogens is 1. The summed E-state index contributed by atoms with van der Waals surface area (Å²) < 4.78 is 1.03. The highest BCUT2D eigenvalue weighted by Gasteiger charge is 2.53. The monoisotopic (exact) mass is 454 g/mol. The van der Waals surface area contributed by atoms with Crippen molar-refractivity contribution in [2.45, 2.75) is 37.5 Å². The third kappa shape index (κ3) is 4.55. The van der Waals surface area contributed by atoms with Crippen molar-refractivity contribution in [3.8, 4) is 0 Å². The van der Waals surface area contributed by atoms with E-state index in [-0.39, 0.29) is 17.2 Å². The van der Waals surface area contributed by atoms with Gasteiger partial charge in [0.1, 0.15) is 0 Å². The summed E-state index contributed by atoms with van der Waals surface area (Å²) in [5.74, 6) is 0.443. The quantitative estimate of drug-likeness (QED) is 0.656. The summed E-state index contributed by atoms with van der Waals surface area (Å²) in [6, 6.07) is 18.4. The van der Waals surface area contributed by atoms with Crippen LogP contribution in [0.1, 0.15) is 36.8 Å². The van der Waals surface area contributed by atoms with Gasteiger partial charge in [0.25, 0.3) is 0 Å². The number of piperazine rings is 1. The number of benzene rings is 2. The van der Waals surface area contributed by atoms with Gasteiger partial charge in [-0.15, -0.1) is 0 Å². The summed E-state index contributed by atoms with van der Waals surface area (Å²) in [4.78, 5) is 29.6. The smallest absolute Gasteiger partial charge is 0.233 e. The summed E-state index contributed by atoms with van der Waals surface area (Å²) in [5.41, 5.74) is 2.06. The van der Waals surface area contributed by atoms with Gasteiger partial charge in [0.05, 0.1) is 5.41 Å². The fourth-order valence-corrected chi connectivity index (χ4v) is 4.49. The van der Waals surface area contributed by atoms with Crippen molar-refractivity contribution >= 4 is 27.7 Å². The Morgan fingerprint density at radius 3 is 2.10 bits per heavy atom. The van der Waals surface area contributed by atoms with Crippen molar-refractivity contribution in [1.29, 1.82) is 0 Å². The molecule has 2 amide bonds. The van der Waals surface area contributed by atoms with Crippen LogP contribution in [-0.2, 0) is 21.4 Å². The van der Waals surface area contributed by atoms with Gasteiger partial charge in [0.15, 0.2) is 0 Å². The van der Waals surface area contributed by atoms with Crippen LogP contribution in [-0.4, -0.2) is 47.8 Å². The van der Waals surface area contributed by atoms with Crippen molar-refractivity contribution in [2.24, 2.45) is 0 Å². The number of rotatable bonds is 6. The highest BCUT2D eigenvalue weighted by Crippen LogP contribution is 2.49. The molecule has 1 saturated heterocycles. The first-order valence-corrected chi connectivity index (χ1v) is 11.2. The molecule has 1 saturated carbocycles. The summed E-state index contributed by atoms with van der Waals surface area (Å²) in [6.07, 6.45) is 4.22. The van der Waals surface area contributed by atoms with Gasteiger partial charge in [-0.05, 0) is 48.9 Å². The maximum absolute atomic E-state index is 13.2. The zero-order valence-corrected chi connectivity index (χ0v) is 18.2. The minimum Gasteiger partial charge on any atom is -0.339 e. The van der Waals surface area contributed by atoms with E-state index in [2.05, 4.69) is 40.2 Å². The first-order chi connectivity index (χ1) is 14.1. The van der Waals surface area contributed by atoms with Crippen LogP contribution in [0.3, 0.4) is 0 Å². The number of nitrogens with zero attached hydrogens (tertiary/aromatic N) is 2. The fourth-order valence-electron chi connectivity index (χ4n) is 4.23. The summed E-state index contributed by atoms with van der Waals surface area (Å²) in [7, 11) is 0. The van der Waals surface area contributed by atoms with Gasteiger partial charge in [0, 0.05) is 37.1 Å². The number of carbonyl (C=O) groups excluding carboxylic acids is 2. The second-order valence-corrected chi connectivity index (χ2v) is 9.02. The van der Waals surface area contributed by atoms with E-state index in [4.69, 9.17) is 0 Å². The predicted octanol–water partition coefficient (Wildman–Crippen LogP) is 4.17. The molecule has 0 unspecified atom stereocenters. The minimum absolute atomic E-state index is 0.210. The molecule has 0 radical (unpaired) electrons. The Labute approximate surface area is 181 Å². The van der Waals surface area contributed by atoms with Gasteiger partial charge >= 0.3 is 0 Å². The largest absolute Gasteiger partial charge is 0.339 e. The third-order valence-corrected chi connectivity index (χ3v) is 6.70. The highest BCUT2D eigenvalue weighted by atomic mass is 79.9. The molecule has 0 spiro atoms. The SMILES string of the molecule is O=C(CCCc1ccccc1)N1CCN(C(=O)C2(c3ccc(Br)cc3)CC2)CC1. The van der Waals surface area contributed by atoms with Crippen LogP contribution in [0, 0.1) is 0 Å². The van der Waals surface area contributed by atoms with E-state index in [1.54, 1.807) is 0 Å². The van der Waals surface area contributed by atoms with Crippen molar-refractivity contribution in [1.82, 2.24) is 9.80 Å². The Kier molecular flexibility index (Phi) is 6.04. The highest BCUT2D eigenvalue weighted by molar-refractivity contribution is 9.10. The molecule has 2 aliphatic rings. The van der Waals surface area contributed by atoms with Gasteiger partial charge in [-0.1, -0.05) is 58.4 Å². The molecule has 4 rings (SSSR count). The maximum atomic E-state index is 13.2. The molecule has 1 aliphatic heterocycles. The second-order valence-electron chi connectivity index (χ2n) is 8.10. The lowest BCUT2D eigenvalue weighted by atomic mass is 9.94. The lowest BCUT2D eigenvalue weighted by Crippen LogP contribution is -2.53. The average molecular weight is 455 g/mol. The average Bonchev–Trinajstić information content (AvgIpc) is 3.56. The molecule has 0 aromatic heterocycles. The Morgan fingerprint density at radius 2 is 1.48 bits per heavy atom. The molecular formula is C24H27BrN2O2. The first-order valence-electron chi connectivity index (χ1n) is 10.5. The summed E-state index contributed by atoms with van der Waals surface area (Å²) >= 11 is 3.46. The second kappa shape index (κ2) is 8.70. The van der Waals surface area contributed by atoms with E-state index in [0.717, 1.165) is 35.7 Å². The standard InChI is InChI=1S/C24H27BrN2O2/c25-21-11-9-20(10-12-21)24(13-14-24)23(29)27-17-15-26(16-18-27)22(28)8-4-7-19-5-2-1-3-6-19/h1-3,5-6,9-12H,4,7-8,13-18H2. The van der Waals surface area contributed by atoms with Gasteiger partial charge < -0.3 is 9.80 Å². The van der Waals surface area contributed by atoms with Crippen molar-refractivity contribution in [2.75, 3.05) is 26.2 Å². The van der Waals surface area contributed by atoms with Gasteiger partial charge in [-0.25, -0.2) is 0 Å². The Morgan fingerprint density at radius 1 is 0.862 bits per heavy atom. The molecule has 2 fully saturated rings. The van der Waals surface area contributed by atoms with Crippen molar-refractivity contribution in [3.63, 3.8) is 0 Å².